The van der Waals surface area contributed by atoms with Gasteiger partial charge in [0.1, 0.15) is 4.21 Å². The minimum Gasteiger partial charge on any atom is -0.449 e. The number of anilines is 1. The van der Waals surface area contributed by atoms with Gasteiger partial charge in [-0.15, -0.1) is 11.3 Å². The van der Waals surface area contributed by atoms with Crippen molar-refractivity contribution in [2.24, 2.45) is 0 Å². The minimum absolute atomic E-state index is 0.0390. The summed E-state index contributed by atoms with van der Waals surface area (Å²) in [7, 11) is -3.80. The molecule has 1 aliphatic rings. The fourth-order valence-electron chi connectivity index (χ4n) is 3.29. The number of nitrogens with one attached hydrogen (secondary N) is 3. The second-order valence-corrected chi connectivity index (χ2v) is 11.2. The lowest BCUT2D eigenvalue weighted by Gasteiger charge is -2.23. The summed E-state index contributed by atoms with van der Waals surface area (Å²) >= 11 is 6.70. The maximum atomic E-state index is 12.3. The Hall–Kier alpha value is -2.63. The molecule has 1 heterocycles. The van der Waals surface area contributed by atoms with E-state index in [4.69, 9.17) is 16.3 Å². The highest BCUT2D eigenvalue weighted by atomic mass is 35.5. The zero-order chi connectivity index (χ0) is 24.0. The SMILES string of the molecule is C[C@H](OC(=O)c1ccc(NS(=O)(=O)c2ccc(Cl)s2)cc1)C(=O)NC(=O)NC1CCCCC1. The first kappa shape index (κ1) is 25.0. The van der Waals surface area contributed by atoms with Crippen LogP contribution in [0.25, 0.3) is 0 Å². The van der Waals surface area contributed by atoms with Crippen molar-refractivity contribution in [1.29, 1.82) is 0 Å². The predicted octanol–water partition coefficient (Wildman–Crippen LogP) is 3.91. The van der Waals surface area contributed by atoms with E-state index in [0.717, 1.165) is 43.4 Å². The number of amides is 3. The van der Waals surface area contributed by atoms with E-state index in [9.17, 15) is 22.8 Å². The average molecular weight is 514 g/mol. The highest BCUT2D eigenvalue weighted by Gasteiger charge is 2.23. The molecule has 0 unspecified atom stereocenters. The van der Waals surface area contributed by atoms with Crippen molar-refractivity contribution in [1.82, 2.24) is 10.6 Å². The summed E-state index contributed by atoms with van der Waals surface area (Å²) in [4.78, 5) is 36.5. The van der Waals surface area contributed by atoms with Crippen LogP contribution in [-0.4, -0.2) is 38.5 Å². The average Bonchev–Trinajstić information content (AvgIpc) is 3.22. The number of imide groups is 1. The highest BCUT2D eigenvalue weighted by molar-refractivity contribution is 7.94. The number of urea groups is 1. The molecule has 12 heteroatoms. The molecule has 1 aromatic heterocycles. The number of carbonyl (C=O) groups is 3. The van der Waals surface area contributed by atoms with E-state index >= 15 is 0 Å². The number of rotatable bonds is 7. The van der Waals surface area contributed by atoms with Crippen LogP contribution in [0.1, 0.15) is 49.4 Å². The maximum Gasteiger partial charge on any atom is 0.338 e. The Morgan fingerprint density at radius 3 is 2.33 bits per heavy atom. The van der Waals surface area contributed by atoms with E-state index < -0.39 is 34.0 Å². The van der Waals surface area contributed by atoms with Gasteiger partial charge in [-0.1, -0.05) is 30.9 Å². The van der Waals surface area contributed by atoms with Crippen LogP contribution in [0.15, 0.2) is 40.6 Å². The normalized spacial score (nSPS) is 15.3. The molecule has 3 rings (SSSR count). The molecule has 0 spiro atoms. The number of carbonyl (C=O) groups excluding carboxylic acids is 3. The van der Waals surface area contributed by atoms with E-state index in [1.54, 1.807) is 0 Å². The van der Waals surface area contributed by atoms with Crippen molar-refractivity contribution in [2.75, 3.05) is 4.72 Å². The first-order chi connectivity index (χ1) is 15.6. The number of hydrogen-bond donors (Lipinski definition) is 3. The van der Waals surface area contributed by atoms with Gasteiger partial charge in [0.2, 0.25) is 0 Å². The van der Waals surface area contributed by atoms with Crippen LogP contribution in [0.4, 0.5) is 10.5 Å². The summed E-state index contributed by atoms with van der Waals surface area (Å²) in [6, 6.07) is 7.82. The summed E-state index contributed by atoms with van der Waals surface area (Å²) < 4.78 is 32.6. The Balaban J connectivity index is 1.51. The second-order valence-electron chi connectivity index (χ2n) is 7.59. The van der Waals surface area contributed by atoms with Gasteiger partial charge in [-0.25, -0.2) is 18.0 Å². The lowest BCUT2D eigenvalue weighted by Crippen LogP contribution is -2.48. The molecular formula is C21H24ClN3O6S2. The van der Waals surface area contributed by atoms with Crippen molar-refractivity contribution in [2.45, 2.75) is 55.4 Å². The van der Waals surface area contributed by atoms with Gasteiger partial charge in [0.05, 0.1) is 9.90 Å². The van der Waals surface area contributed by atoms with Gasteiger partial charge in [-0.2, -0.15) is 0 Å². The number of thiophene rings is 1. The number of benzene rings is 1. The standard InChI is InChI=1S/C21H24ClN3O6S2/c1-13(19(26)24-21(28)23-15-5-3-2-4-6-15)31-20(27)14-7-9-16(10-8-14)25-33(29,30)18-12-11-17(22)32-18/h7-13,15,25H,2-6H2,1H3,(H2,23,24,26,28)/t13-/m0/s1. The molecule has 3 amide bonds. The summed E-state index contributed by atoms with van der Waals surface area (Å²) in [5.41, 5.74) is 0.352. The molecule has 0 radical (unpaired) electrons. The molecule has 0 bridgehead atoms. The number of sulfonamides is 1. The largest absolute Gasteiger partial charge is 0.449 e. The first-order valence-electron chi connectivity index (χ1n) is 10.3. The molecule has 2 aromatic rings. The second kappa shape index (κ2) is 11.0. The first-order valence-corrected chi connectivity index (χ1v) is 13.0. The molecule has 1 aliphatic carbocycles. The Morgan fingerprint density at radius 1 is 1.06 bits per heavy atom. The van der Waals surface area contributed by atoms with E-state index in [1.807, 2.05) is 0 Å². The summed E-state index contributed by atoms with van der Waals surface area (Å²) in [6.07, 6.45) is 3.77. The molecule has 1 fully saturated rings. The monoisotopic (exact) mass is 513 g/mol. The van der Waals surface area contributed by atoms with Crippen molar-refractivity contribution in [3.63, 3.8) is 0 Å². The quantitative estimate of drug-likeness (QED) is 0.481. The summed E-state index contributed by atoms with van der Waals surface area (Å²) in [5.74, 6) is -1.53. The van der Waals surface area contributed by atoms with Crippen LogP contribution in [-0.2, 0) is 19.6 Å². The van der Waals surface area contributed by atoms with Gasteiger partial charge in [0.15, 0.2) is 6.10 Å². The third-order valence-corrected chi connectivity index (χ3v) is 8.12. The van der Waals surface area contributed by atoms with Crippen molar-refractivity contribution < 1.29 is 27.5 Å². The molecule has 33 heavy (non-hydrogen) atoms. The van der Waals surface area contributed by atoms with E-state index in [1.165, 1.54) is 43.3 Å². The van der Waals surface area contributed by atoms with Gasteiger partial charge in [-0.05, 0) is 56.2 Å². The topological polar surface area (TPSA) is 131 Å². The third kappa shape index (κ3) is 7.18. The van der Waals surface area contributed by atoms with Crippen molar-refractivity contribution in [3.8, 4) is 0 Å². The van der Waals surface area contributed by atoms with Crippen LogP contribution in [0.3, 0.4) is 0 Å². The summed E-state index contributed by atoms with van der Waals surface area (Å²) in [5, 5.41) is 4.94. The molecular weight excluding hydrogens is 490 g/mol. The van der Waals surface area contributed by atoms with Crippen LogP contribution < -0.4 is 15.4 Å². The Morgan fingerprint density at radius 2 is 1.73 bits per heavy atom. The van der Waals surface area contributed by atoms with Gasteiger partial charge >= 0.3 is 12.0 Å². The van der Waals surface area contributed by atoms with Crippen LogP contribution >= 0.6 is 22.9 Å². The van der Waals surface area contributed by atoms with E-state index in [2.05, 4.69) is 15.4 Å². The molecule has 178 valence electrons. The van der Waals surface area contributed by atoms with Crippen LogP contribution in [0.5, 0.6) is 0 Å². The Kier molecular flexibility index (Phi) is 8.33. The molecule has 0 saturated heterocycles. The van der Waals surface area contributed by atoms with E-state index in [-0.39, 0.29) is 21.5 Å². The highest BCUT2D eigenvalue weighted by Crippen LogP contribution is 2.27. The van der Waals surface area contributed by atoms with Crippen molar-refractivity contribution in [3.05, 3.63) is 46.3 Å². The van der Waals surface area contributed by atoms with Crippen LogP contribution in [0.2, 0.25) is 4.34 Å². The predicted molar refractivity (Wildman–Crippen MR) is 125 cm³/mol. The van der Waals surface area contributed by atoms with Crippen molar-refractivity contribution >= 4 is 56.6 Å². The molecule has 1 saturated carbocycles. The molecule has 9 nitrogen and oxygen atoms in total. The Labute approximate surface area is 200 Å². The van der Waals surface area contributed by atoms with E-state index in [0.29, 0.717) is 4.34 Å². The molecule has 0 aliphatic heterocycles. The summed E-state index contributed by atoms with van der Waals surface area (Å²) in [6.45, 7) is 1.36. The fraction of sp³-hybridized carbons (Fsp3) is 0.381. The van der Waals surface area contributed by atoms with Gasteiger partial charge in [0.25, 0.3) is 15.9 Å². The molecule has 1 aromatic carbocycles. The Bertz CT molecular complexity index is 1110. The number of hydrogen-bond acceptors (Lipinski definition) is 7. The van der Waals surface area contributed by atoms with Gasteiger partial charge in [-0.3, -0.25) is 14.8 Å². The van der Waals surface area contributed by atoms with Gasteiger partial charge < -0.3 is 10.1 Å². The lowest BCUT2D eigenvalue weighted by molar-refractivity contribution is -0.127. The third-order valence-electron chi connectivity index (χ3n) is 5.02. The number of halogens is 1. The minimum atomic E-state index is -3.80. The number of ether oxygens (including phenoxy) is 1. The molecule has 3 N–H and O–H groups in total. The van der Waals surface area contributed by atoms with Crippen LogP contribution in [0, 0.1) is 0 Å². The maximum absolute atomic E-state index is 12.3. The fourth-order valence-corrected chi connectivity index (χ4v) is 5.83. The van der Waals surface area contributed by atoms with Gasteiger partial charge in [0, 0.05) is 11.7 Å². The smallest absolute Gasteiger partial charge is 0.338 e. The zero-order valence-corrected chi connectivity index (χ0v) is 20.2. The lowest BCUT2D eigenvalue weighted by atomic mass is 9.96. The molecule has 1 atom stereocenters. The zero-order valence-electron chi connectivity index (χ0n) is 17.8. The number of esters is 1.